The van der Waals surface area contributed by atoms with Crippen LogP contribution in [-0.2, 0) is 6.61 Å². The van der Waals surface area contributed by atoms with Crippen molar-refractivity contribution < 1.29 is 23.0 Å². The molecule has 0 aliphatic heterocycles. The summed E-state index contributed by atoms with van der Waals surface area (Å²) in [5, 5.41) is 4.44. The SMILES string of the molecule is CCCC(C)(N)CCC(=O)c1c(C)nn2c(OCc3c(F)cccc3F)cc(OC)cc12. The van der Waals surface area contributed by atoms with Crippen molar-refractivity contribution in [2.24, 2.45) is 5.73 Å². The summed E-state index contributed by atoms with van der Waals surface area (Å²) in [6.07, 6.45) is 2.60. The topological polar surface area (TPSA) is 78.9 Å². The Kier molecular flexibility index (Phi) is 7.13. The molecular weight excluding hydrogens is 416 g/mol. The highest BCUT2D eigenvalue weighted by atomic mass is 19.1. The average molecular weight is 446 g/mol. The van der Waals surface area contributed by atoms with Crippen LogP contribution in [-0.4, -0.2) is 28.0 Å². The van der Waals surface area contributed by atoms with E-state index in [-0.39, 0.29) is 30.3 Å². The van der Waals surface area contributed by atoms with Gasteiger partial charge in [-0.15, -0.1) is 0 Å². The number of hydrogen-bond donors (Lipinski definition) is 1. The molecule has 0 fully saturated rings. The molecule has 0 bridgehead atoms. The second kappa shape index (κ2) is 9.65. The van der Waals surface area contributed by atoms with Crippen molar-refractivity contribution in [1.29, 1.82) is 0 Å². The number of hydrogen-bond acceptors (Lipinski definition) is 5. The fraction of sp³-hybridized carbons (Fsp3) is 0.417. The van der Waals surface area contributed by atoms with Crippen molar-refractivity contribution in [1.82, 2.24) is 9.61 Å². The Labute approximate surface area is 186 Å². The summed E-state index contributed by atoms with van der Waals surface area (Å²) in [5.74, 6) is -0.837. The van der Waals surface area contributed by atoms with Crippen LogP contribution in [0.1, 0.15) is 61.1 Å². The monoisotopic (exact) mass is 445 g/mol. The lowest BCUT2D eigenvalue weighted by molar-refractivity contribution is 0.0971. The van der Waals surface area contributed by atoms with Crippen LogP contribution in [0.3, 0.4) is 0 Å². The minimum Gasteiger partial charge on any atom is -0.496 e. The number of Topliss-reactive ketones (excluding diaryl/α,β-unsaturated/α-hetero) is 1. The second-order valence-corrected chi connectivity index (χ2v) is 8.31. The Morgan fingerprint density at radius 1 is 1.22 bits per heavy atom. The first-order chi connectivity index (χ1) is 15.2. The molecule has 1 atom stereocenters. The third kappa shape index (κ3) is 5.07. The first-order valence-electron chi connectivity index (χ1n) is 10.6. The van der Waals surface area contributed by atoms with Gasteiger partial charge in [0.05, 0.1) is 29.4 Å². The normalized spacial score (nSPS) is 13.2. The number of carbonyl (C=O) groups excluding carboxylic acids is 1. The smallest absolute Gasteiger partial charge is 0.219 e. The van der Waals surface area contributed by atoms with Crippen molar-refractivity contribution in [2.45, 2.75) is 58.6 Å². The highest BCUT2D eigenvalue weighted by Crippen LogP contribution is 2.30. The van der Waals surface area contributed by atoms with Gasteiger partial charge in [0, 0.05) is 24.1 Å². The largest absolute Gasteiger partial charge is 0.496 e. The zero-order chi connectivity index (χ0) is 23.5. The Bertz CT molecular complexity index is 1110. The lowest BCUT2D eigenvalue weighted by atomic mass is 9.89. The molecule has 0 saturated heterocycles. The Morgan fingerprint density at radius 3 is 2.53 bits per heavy atom. The van der Waals surface area contributed by atoms with E-state index in [2.05, 4.69) is 12.0 Å². The van der Waals surface area contributed by atoms with Crippen LogP contribution < -0.4 is 15.2 Å². The number of rotatable bonds is 10. The molecule has 0 radical (unpaired) electrons. The van der Waals surface area contributed by atoms with Gasteiger partial charge in [0.1, 0.15) is 24.0 Å². The number of ether oxygens (including phenoxy) is 2. The van der Waals surface area contributed by atoms with Crippen LogP contribution in [0.15, 0.2) is 30.3 Å². The molecule has 0 aliphatic rings. The van der Waals surface area contributed by atoms with Gasteiger partial charge >= 0.3 is 0 Å². The number of ketones is 1. The zero-order valence-corrected chi connectivity index (χ0v) is 18.9. The number of aromatic nitrogens is 2. The molecule has 0 amide bonds. The number of carbonyl (C=O) groups is 1. The van der Waals surface area contributed by atoms with Gasteiger partial charge in [0.2, 0.25) is 5.88 Å². The third-order valence-corrected chi connectivity index (χ3v) is 5.53. The fourth-order valence-corrected chi connectivity index (χ4v) is 3.81. The van der Waals surface area contributed by atoms with E-state index in [0.717, 1.165) is 12.8 Å². The van der Waals surface area contributed by atoms with Crippen molar-refractivity contribution in [3.63, 3.8) is 0 Å². The highest BCUT2D eigenvalue weighted by Gasteiger charge is 2.24. The van der Waals surface area contributed by atoms with Crippen LogP contribution in [0.2, 0.25) is 0 Å². The molecule has 32 heavy (non-hydrogen) atoms. The van der Waals surface area contributed by atoms with Crippen LogP contribution in [0, 0.1) is 18.6 Å². The molecule has 0 saturated carbocycles. The lowest BCUT2D eigenvalue weighted by Crippen LogP contribution is -2.36. The van der Waals surface area contributed by atoms with Gasteiger partial charge in [0.15, 0.2) is 5.78 Å². The quantitative estimate of drug-likeness (QED) is 0.445. The van der Waals surface area contributed by atoms with Gasteiger partial charge in [-0.2, -0.15) is 9.61 Å². The second-order valence-electron chi connectivity index (χ2n) is 8.31. The number of halogens is 2. The van der Waals surface area contributed by atoms with Crippen molar-refractivity contribution in [3.05, 3.63) is 58.8 Å². The number of fused-ring (bicyclic) bond motifs is 1. The molecule has 8 heteroatoms. The molecule has 2 aromatic heterocycles. The van der Waals surface area contributed by atoms with Crippen LogP contribution in [0.5, 0.6) is 11.6 Å². The van der Waals surface area contributed by atoms with E-state index in [9.17, 15) is 13.6 Å². The number of pyridine rings is 1. The van der Waals surface area contributed by atoms with Crippen LogP contribution >= 0.6 is 0 Å². The number of nitrogens with two attached hydrogens (primary N) is 1. The molecule has 3 rings (SSSR count). The first-order valence-corrected chi connectivity index (χ1v) is 10.6. The summed E-state index contributed by atoms with van der Waals surface area (Å²) in [6.45, 7) is 5.40. The van der Waals surface area contributed by atoms with Gasteiger partial charge in [-0.1, -0.05) is 19.4 Å². The van der Waals surface area contributed by atoms with E-state index in [1.807, 2.05) is 6.92 Å². The van der Waals surface area contributed by atoms with E-state index < -0.39 is 17.2 Å². The number of benzene rings is 1. The number of methoxy groups -OCH3 is 1. The molecule has 1 unspecified atom stereocenters. The van der Waals surface area contributed by atoms with E-state index >= 15 is 0 Å². The summed E-state index contributed by atoms with van der Waals surface area (Å²) in [7, 11) is 1.49. The Balaban J connectivity index is 1.94. The van der Waals surface area contributed by atoms with Gasteiger partial charge in [0.25, 0.3) is 0 Å². The van der Waals surface area contributed by atoms with Gasteiger partial charge in [-0.3, -0.25) is 4.79 Å². The zero-order valence-electron chi connectivity index (χ0n) is 18.9. The first kappa shape index (κ1) is 23.7. The maximum absolute atomic E-state index is 14.0. The summed E-state index contributed by atoms with van der Waals surface area (Å²) >= 11 is 0. The predicted molar refractivity (Wildman–Crippen MR) is 118 cm³/mol. The van der Waals surface area contributed by atoms with Gasteiger partial charge in [-0.25, -0.2) is 8.78 Å². The molecule has 6 nitrogen and oxygen atoms in total. The fourth-order valence-electron chi connectivity index (χ4n) is 3.81. The van der Waals surface area contributed by atoms with Gasteiger partial charge < -0.3 is 15.2 Å². The summed E-state index contributed by atoms with van der Waals surface area (Å²) in [4.78, 5) is 13.1. The highest BCUT2D eigenvalue weighted by molar-refractivity contribution is 6.03. The molecule has 0 spiro atoms. The van der Waals surface area contributed by atoms with Crippen molar-refractivity contribution in [3.8, 4) is 11.6 Å². The van der Waals surface area contributed by atoms with Crippen molar-refractivity contribution >= 4 is 11.3 Å². The number of nitrogens with zero attached hydrogens (tertiary/aromatic N) is 2. The van der Waals surface area contributed by atoms with Crippen LogP contribution in [0.25, 0.3) is 5.52 Å². The standard InChI is InChI=1S/C24H29F2N3O3/c1-5-10-24(3,27)11-9-21(30)23-15(2)28-29-20(23)12-16(31-4)13-22(29)32-14-17-18(25)7-6-8-19(17)26/h6-8,12-13H,5,9-11,14,27H2,1-4H3. The molecule has 0 aliphatic carbocycles. The predicted octanol–water partition coefficient (Wildman–Crippen LogP) is 4.99. The van der Waals surface area contributed by atoms with E-state index in [1.165, 1.54) is 29.8 Å². The maximum atomic E-state index is 14.0. The van der Waals surface area contributed by atoms with E-state index in [0.29, 0.717) is 28.9 Å². The Morgan fingerprint density at radius 2 is 1.91 bits per heavy atom. The van der Waals surface area contributed by atoms with Crippen LogP contribution in [0.4, 0.5) is 8.78 Å². The average Bonchev–Trinajstić information content (AvgIpc) is 3.07. The maximum Gasteiger partial charge on any atom is 0.219 e. The molecule has 3 aromatic rings. The van der Waals surface area contributed by atoms with E-state index in [1.54, 1.807) is 19.1 Å². The summed E-state index contributed by atoms with van der Waals surface area (Å²) in [6, 6.07) is 6.88. The molecule has 2 heterocycles. The molecule has 1 aromatic carbocycles. The third-order valence-electron chi connectivity index (χ3n) is 5.53. The van der Waals surface area contributed by atoms with Crippen molar-refractivity contribution in [2.75, 3.05) is 7.11 Å². The summed E-state index contributed by atoms with van der Waals surface area (Å²) < 4.78 is 40.5. The molecule has 172 valence electrons. The summed E-state index contributed by atoms with van der Waals surface area (Å²) in [5.41, 5.74) is 7.17. The molecular formula is C24H29F2N3O3. The lowest BCUT2D eigenvalue weighted by Gasteiger charge is -2.23. The van der Waals surface area contributed by atoms with Gasteiger partial charge in [-0.05, 0) is 38.8 Å². The minimum absolute atomic E-state index is 0.0790. The van der Waals surface area contributed by atoms with E-state index in [4.69, 9.17) is 15.2 Å². The molecule has 2 N–H and O–H groups in total. The Hall–Kier alpha value is -3.00. The minimum atomic E-state index is -0.700. The number of aryl methyl sites for hydroxylation is 1.